The zero-order chi connectivity index (χ0) is 19.2. The SMILES string of the molecule is Cc1ccccc1CO[C@]1(C)CC2CCC(O)(C1)N2C(=O)OC(C)(C)C. The Bertz CT molecular complexity index is 683. The molecule has 0 aromatic heterocycles. The maximum Gasteiger partial charge on any atom is 0.412 e. The number of nitrogens with zero attached hydrogens (tertiary/aromatic N) is 1. The van der Waals surface area contributed by atoms with Crippen molar-refractivity contribution in [3.05, 3.63) is 35.4 Å². The summed E-state index contributed by atoms with van der Waals surface area (Å²) in [6.45, 7) is 10.2. The summed E-state index contributed by atoms with van der Waals surface area (Å²) in [6, 6.07) is 8.12. The van der Waals surface area contributed by atoms with E-state index in [-0.39, 0.29) is 6.04 Å². The van der Waals surface area contributed by atoms with Crippen LogP contribution in [-0.2, 0) is 16.1 Å². The van der Waals surface area contributed by atoms with Crippen LogP contribution in [0.4, 0.5) is 4.79 Å². The summed E-state index contributed by atoms with van der Waals surface area (Å²) < 4.78 is 11.8. The Labute approximate surface area is 156 Å². The lowest BCUT2D eigenvalue weighted by molar-refractivity contribution is -0.187. The number of piperidine rings is 1. The molecule has 1 aromatic rings. The number of aliphatic hydroxyl groups is 1. The number of benzene rings is 1. The van der Waals surface area contributed by atoms with Crippen molar-refractivity contribution in [1.82, 2.24) is 4.90 Å². The van der Waals surface area contributed by atoms with E-state index in [1.54, 1.807) is 4.90 Å². The first-order chi connectivity index (χ1) is 12.0. The molecule has 144 valence electrons. The van der Waals surface area contributed by atoms with Gasteiger partial charge in [0.25, 0.3) is 0 Å². The molecule has 2 saturated heterocycles. The minimum absolute atomic E-state index is 0.0505. The first-order valence-corrected chi connectivity index (χ1v) is 9.45. The summed E-state index contributed by atoms with van der Waals surface area (Å²) in [7, 11) is 0. The minimum Gasteiger partial charge on any atom is -0.444 e. The Morgan fingerprint density at radius 3 is 2.65 bits per heavy atom. The van der Waals surface area contributed by atoms with Gasteiger partial charge >= 0.3 is 6.09 Å². The van der Waals surface area contributed by atoms with Crippen molar-refractivity contribution in [1.29, 1.82) is 0 Å². The van der Waals surface area contributed by atoms with Crippen molar-refractivity contribution in [3.8, 4) is 0 Å². The number of hydrogen-bond acceptors (Lipinski definition) is 4. The van der Waals surface area contributed by atoms with E-state index in [4.69, 9.17) is 9.47 Å². The van der Waals surface area contributed by atoms with Crippen LogP contribution in [0, 0.1) is 6.92 Å². The minimum atomic E-state index is -1.19. The standard InChI is InChI=1S/C21H31NO4/c1-15-8-6-7-9-16(15)13-25-20(5)12-17-10-11-21(24,14-20)22(17)18(23)26-19(2,3)4/h6-9,17,24H,10-14H2,1-5H3/t17?,20-,21?/m1/s1. The maximum atomic E-state index is 12.6. The molecule has 2 heterocycles. The molecule has 5 heteroatoms. The predicted octanol–water partition coefficient (Wildman–Crippen LogP) is 4.15. The van der Waals surface area contributed by atoms with Crippen molar-refractivity contribution in [2.24, 2.45) is 0 Å². The number of hydrogen-bond donors (Lipinski definition) is 1. The third-order valence-electron chi connectivity index (χ3n) is 5.44. The molecular weight excluding hydrogens is 330 g/mol. The van der Waals surface area contributed by atoms with Crippen LogP contribution < -0.4 is 0 Å². The highest BCUT2D eigenvalue weighted by Gasteiger charge is 2.58. The van der Waals surface area contributed by atoms with Gasteiger partial charge in [-0.25, -0.2) is 4.79 Å². The van der Waals surface area contributed by atoms with Crippen LogP contribution in [0.3, 0.4) is 0 Å². The second-order valence-corrected chi connectivity index (χ2v) is 9.07. The fraction of sp³-hybridized carbons (Fsp3) is 0.667. The van der Waals surface area contributed by atoms with Gasteiger partial charge in [0.2, 0.25) is 0 Å². The van der Waals surface area contributed by atoms with E-state index < -0.39 is 23.0 Å². The molecule has 3 atom stereocenters. The largest absolute Gasteiger partial charge is 0.444 e. The molecule has 2 aliphatic rings. The first-order valence-electron chi connectivity index (χ1n) is 9.45. The van der Waals surface area contributed by atoms with E-state index in [9.17, 15) is 9.90 Å². The highest BCUT2D eigenvalue weighted by Crippen LogP contribution is 2.48. The monoisotopic (exact) mass is 361 g/mol. The number of carbonyl (C=O) groups excluding carboxylic acids is 1. The van der Waals surface area contributed by atoms with Gasteiger partial charge in [0.1, 0.15) is 11.3 Å². The maximum absolute atomic E-state index is 12.6. The van der Waals surface area contributed by atoms with Gasteiger partial charge in [-0.2, -0.15) is 0 Å². The third-order valence-corrected chi connectivity index (χ3v) is 5.44. The molecule has 26 heavy (non-hydrogen) atoms. The Balaban J connectivity index is 1.71. The number of amides is 1. The Kier molecular flexibility index (Phi) is 4.82. The molecule has 0 saturated carbocycles. The summed E-state index contributed by atoms with van der Waals surface area (Å²) in [5.41, 5.74) is 0.129. The average molecular weight is 361 g/mol. The van der Waals surface area contributed by atoms with Crippen LogP contribution in [-0.4, -0.2) is 39.1 Å². The zero-order valence-electron chi connectivity index (χ0n) is 16.5. The van der Waals surface area contributed by atoms with Gasteiger partial charge in [0.05, 0.1) is 12.2 Å². The molecule has 2 bridgehead atoms. The summed E-state index contributed by atoms with van der Waals surface area (Å²) >= 11 is 0. The molecule has 1 N–H and O–H groups in total. The lowest BCUT2D eigenvalue weighted by Gasteiger charge is -2.48. The van der Waals surface area contributed by atoms with Crippen LogP contribution >= 0.6 is 0 Å². The fourth-order valence-corrected chi connectivity index (χ4v) is 4.29. The third kappa shape index (κ3) is 3.89. The highest BCUT2D eigenvalue weighted by atomic mass is 16.6. The highest BCUT2D eigenvalue weighted by molar-refractivity contribution is 5.70. The quantitative estimate of drug-likeness (QED) is 0.878. The van der Waals surface area contributed by atoms with Crippen LogP contribution in [0.2, 0.25) is 0 Å². The number of aryl methyl sites for hydroxylation is 1. The first kappa shape index (κ1) is 19.2. The average Bonchev–Trinajstić information content (AvgIpc) is 2.73. The van der Waals surface area contributed by atoms with Gasteiger partial charge in [-0.15, -0.1) is 0 Å². The molecule has 3 rings (SSSR count). The zero-order valence-corrected chi connectivity index (χ0v) is 16.5. The smallest absolute Gasteiger partial charge is 0.412 e. The van der Waals surface area contributed by atoms with Gasteiger partial charge in [0, 0.05) is 12.5 Å². The molecule has 5 nitrogen and oxygen atoms in total. The molecule has 2 unspecified atom stereocenters. The second kappa shape index (κ2) is 6.54. The van der Waals surface area contributed by atoms with E-state index in [2.05, 4.69) is 19.1 Å². The Morgan fingerprint density at radius 2 is 2.04 bits per heavy atom. The van der Waals surface area contributed by atoms with Crippen molar-refractivity contribution < 1.29 is 19.4 Å². The second-order valence-electron chi connectivity index (χ2n) is 9.07. The lowest BCUT2D eigenvalue weighted by atomic mass is 9.85. The molecule has 1 amide bonds. The molecular formula is C21H31NO4. The number of rotatable bonds is 3. The van der Waals surface area contributed by atoms with Crippen LogP contribution in [0.15, 0.2) is 24.3 Å². The van der Waals surface area contributed by atoms with Crippen molar-refractivity contribution in [3.63, 3.8) is 0 Å². The van der Waals surface area contributed by atoms with Crippen LogP contribution in [0.5, 0.6) is 0 Å². The number of fused-ring (bicyclic) bond motifs is 2. The van der Waals surface area contributed by atoms with E-state index in [0.29, 0.717) is 25.9 Å². The molecule has 0 spiro atoms. The van der Waals surface area contributed by atoms with E-state index in [0.717, 1.165) is 12.0 Å². The van der Waals surface area contributed by atoms with Crippen LogP contribution in [0.1, 0.15) is 64.5 Å². The van der Waals surface area contributed by atoms with E-state index in [1.165, 1.54) is 5.56 Å². The number of carbonyl (C=O) groups is 1. The summed E-state index contributed by atoms with van der Waals surface area (Å²) in [5.74, 6) is 0. The van der Waals surface area contributed by atoms with Gasteiger partial charge in [-0.05, 0) is 65.0 Å². The van der Waals surface area contributed by atoms with Gasteiger partial charge in [-0.3, -0.25) is 4.90 Å². The molecule has 0 radical (unpaired) electrons. The van der Waals surface area contributed by atoms with Crippen molar-refractivity contribution in [2.75, 3.05) is 0 Å². The van der Waals surface area contributed by atoms with E-state index >= 15 is 0 Å². The molecule has 2 aliphatic heterocycles. The normalized spacial score (nSPS) is 31.2. The summed E-state index contributed by atoms with van der Waals surface area (Å²) in [5, 5.41) is 11.2. The summed E-state index contributed by atoms with van der Waals surface area (Å²) in [4.78, 5) is 14.2. The fourth-order valence-electron chi connectivity index (χ4n) is 4.29. The van der Waals surface area contributed by atoms with Gasteiger partial charge in [-0.1, -0.05) is 24.3 Å². The van der Waals surface area contributed by atoms with Gasteiger partial charge in [0.15, 0.2) is 0 Å². The molecule has 1 aromatic carbocycles. The Morgan fingerprint density at radius 1 is 1.35 bits per heavy atom. The summed E-state index contributed by atoms with van der Waals surface area (Å²) in [6.07, 6.45) is 2.03. The van der Waals surface area contributed by atoms with Gasteiger partial charge < -0.3 is 14.6 Å². The predicted molar refractivity (Wildman–Crippen MR) is 99.7 cm³/mol. The van der Waals surface area contributed by atoms with Crippen molar-refractivity contribution in [2.45, 2.75) is 89.9 Å². The lowest BCUT2D eigenvalue weighted by Crippen LogP contribution is -2.61. The number of ether oxygens (including phenoxy) is 2. The molecule has 0 aliphatic carbocycles. The molecule has 2 fully saturated rings. The van der Waals surface area contributed by atoms with E-state index in [1.807, 2.05) is 39.8 Å². The topological polar surface area (TPSA) is 59.0 Å². The van der Waals surface area contributed by atoms with Crippen LogP contribution in [0.25, 0.3) is 0 Å². The van der Waals surface area contributed by atoms with Crippen molar-refractivity contribution >= 4 is 6.09 Å². The Hall–Kier alpha value is -1.59.